The van der Waals surface area contributed by atoms with Gasteiger partial charge < -0.3 is 9.64 Å². The molecule has 1 saturated heterocycles. The van der Waals surface area contributed by atoms with Crippen molar-refractivity contribution in [2.45, 2.75) is 32.1 Å². The van der Waals surface area contributed by atoms with Gasteiger partial charge in [-0.05, 0) is 27.0 Å². The van der Waals surface area contributed by atoms with E-state index in [1.165, 1.54) is 18.3 Å². The maximum atomic E-state index is 12.5. The number of pyridine rings is 1. The lowest BCUT2D eigenvalue weighted by Crippen LogP contribution is -2.56. The monoisotopic (exact) mass is 331 g/mol. The molecule has 1 fully saturated rings. The van der Waals surface area contributed by atoms with E-state index >= 15 is 0 Å². The number of nitrogens with zero attached hydrogens (tertiary/aromatic N) is 3. The number of piperazine rings is 1. The fourth-order valence-electron chi connectivity index (χ4n) is 2.50. The summed E-state index contributed by atoms with van der Waals surface area (Å²) in [7, 11) is 2.02. The third-order valence-corrected chi connectivity index (χ3v) is 4.01. The smallest absolute Gasteiger partial charge is 0.422 e. The van der Waals surface area contributed by atoms with Crippen LogP contribution >= 0.6 is 0 Å². The molecule has 23 heavy (non-hydrogen) atoms. The van der Waals surface area contributed by atoms with Crippen LogP contribution in [0.25, 0.3) is 0 Å². The van der Waals surface area contributed by atoms with Crippen molar-refractivity contribution < 1.29 is 22.7 Å². The number of halogens is 3. The van der Waals surface area contributed by atoms with Crippen LogP contribution in [-0.2, 0) is 0 Å². The van der Waals surface area contributed by atoms with E-state index in [0.717, 1.165) is 0 Å². The minimum atomic E-state index is -4.41. The molecule has 2 heterocycles. The first-order valence-corrected chi connectivity index (χ1v) is 7.34. The van der Waals surface area contributed by atoms with Crippen molar-refractivity contribution in [1.29, 1.82) is 0 Å². The van der Waals surface area contributed by atoms with Crippen LogP contribution in [0.3, 0.4) is 0 Å². The van der Waals surface area contributed by atoms with E-state index in [1.807, 2.05) is 20.9 Å². The Balaban J connectivity index is 2.00. The van der Waals surface area contributed by atoms with Gasteiger partial charge >= 0.3 is 6.18 Å². The van der Waals surface area contributed by atoms with Gasteiger partial charge in [-0.2, -0.15) is 13.2 Å². The SMILES string of the molecule is C[C@@H]1CN(C(=O)c2ccc(OCC(F)(F)F)nc2)C[C@H](C)N1C. The number of rotatable bonds is 3. The molecule has 0 radical (unpaired) electrons. The van der Waals surface area contributed by atoms with Crippen LogP contribution in [0.1, 0.15) is 24.2 Å². The van der Waals surface area contributed by atoms with E-state index < -0.39 is 12.8 Å². The predicted molar refractivity (Wildman–Crippen MR) is 78.4 cm³/mol. The number of aromatic nitrogens is 1. The standard InChI is InChI=1S/C15H20F3N3O2/c1-10-7-21(8-11(2)20(10)3)14(22)12-4-5-13(19-6-12)23-9-15(16,17)18/h4-6,10-11H,7-9H2,1-3H3/t10-,11+. The molecule has 128 valence electrons. The normalized spacial score (nSPS) is 23.0. The lowest BCUT2D eigenvalue weighted by Gasteiger charge is -2.42. The lowest BCUT2D eigenvalue weighted by molar-refractivity contribution is -0.154. The average molecular weight is 331 g/mol. The summed E-state index contributed by atoms with van der Waals surface area (Å²) in [6.45, 7) is 3.89. The zero-order valence-corrected chi connectivity index (χ0v) is 13.3. The summed E-state index contributed by atoms with van der Waals surface area (Å²) in [5.74, 6) is -0.328. The summed E-state index contributed by atoms with van der Waals surface area (Å²) >= 11 is 0. The van der Waals surface area contributed by atoms with Gasteiger partial charge in [0.25, 0.3) is 5.91 Å². The number of alkyl halides is 3. The van der Waals surface area contributed by atoms with Crippen LogP contribution in [0.5, 0.6) is 5.88 Å². The molecule has 1 amide bonds. The Kier molecular flexibility index (Phi) is 5.13. The van der Waals surface area contributed by atoms with Crippen molar-refractivity contribution in [2.24, 2.45) is 0 Å². The van der Waals surface area contributed by atoms with Crippen LogP contribution in [0.2, 0.25) is 0 Å². The number of likely N-dealkylation sites (N-methyl/N-ethyl adjacent to an activating group) is 1. The Morgan fingerprint density at radius 3 is 2.39 bits per heavy atom. The van der Waals surface area contributed by atoms with Gasteiger partial charge in [0.15, 0.2) is 6.61 Å². The second-order valence-corrected chi connectivity index (χ2v) is 5.86. The molecule has 1 aromatic heterocycles. The van der Waals surface area contributed by atoms with Gasteiger partial charge in [-0.3, -0.25) is 9.69 Å². The van der Waals surface area contributed by atoms with Crippen LogP contribution in [0, 0.1) is 0 Å². The number of carbonyl (C=O) groups is 1. The first-order valence-electron chi connectivity index (χ1n) is 7.34. The number of carbonyl (C=O) groups excluding carboxylic acids is 1. The Morgan fingerprint density at radius 1 is 1.30 bits per heavy atom. The van der Waals surface area contributed by atoms with Crippen molar-refractivity contribution >= 4 is 5.91 Å². The minimum absolute atomic E-state index is 0.154. The topological polar surface area (TPSA) is 45.7 Å². The summed E-state index contributed by atoms with van der Waals surface area (Å²) in [5, 5.41) is 0. The summed E-state index contributed by atoms with van der Waals surface area (Å²) in [4.78, 5) is 20.2. The quantitative estimate of drug-likeness (QED) is 0.852. The summed E-state index contributed by atoms with van der Waals surface area (Å²) in [6.07, 6.45) is -3.16. The molecule has 0 aromatic carbocycles. The molecule has 5 nitrogen and oxygen atoms in total. The Hall–Kier alpha value is -1.83. The molecule has 2 atom stereocenters. The highest BCUT2D eigenvalue weighted by Crippen LogP contribution is 2.19. The van der Waals surface area contributed by atoms with Gasteiger partial charge in [0, 0.05) is 37.4 Å². The highest BCUT2D eigenvalue weighted by Gasteiger charge is 2.30. The zero-order chi connectivity index (χ0) is 17.2. The van der Waals surface area contributed by atoms with Gasteiger partial charge in [-0.1, -0.05) is 0 Å². The second-order valence-electron chi connectivity index (χ2n) is 5.86. The van der Waals surface area contributed by atoms with E-state index in [2.05, 4.69) is 14.6 Å². The highest BCUT2D eigenvalue weighted by molar-refractivity contribution is 5.94. The van der Waals surface area contributed by atoms with E-state index in [-0.39, 0.29) is 23.9 Å². The number of ether oxygens (including phenoxy) is 1. The maximum absolute atomic E-state index is 12.5. The summed E-state index contributed by atoms with van der Waals surface area (Å²) in [6, 6.07) is 3.20. The van der Waals surface area contributed by atoms with Crippen molar-refractivity contribution in [1.82, 2.24) is 14.8 Å². The van der Waals surface area contributed by atoms with Gasteiger partial charge in [-0.15, -0.1) is 0 Å². The molecule has 0 saturated carbocycles. The molecule has 0 aliphatic carbocycles. The van der Waals surface area contributed by atoms with Crippen LogP contribution in [0.15, 0.2) is 18.3 Å². The van der Waals surface area contributed by atoms with Crippen molar-refractivity contribution in [2.75, 3.05) is 26.7 Å². The van der Waals surface area contributed by atoms with Gasteiger partial charge in [0.1, 0.15) is 0 Å². The molecule has 0 N–H and O–H groups in total. The van der Waals surface area contributed by atoms with Crippen LogP contribution in [0.4, 0.5) is 13.2 Å². The number of hydrogen-bond acceptors (Lipinski definition) is 4. The number of hydrogen-bond donors (Lipinski definition) is 0. The first-order chi connectivity index (χ1) is 10.7. The van der Waals surface area contributed by atoms with Crippen molar-refractivity contribution in [3.63, 3.8) is 0 Å². The van der Waals surface area contributed by atoms with E-state index in [1.54, 1.807) is 4.90 Å². The van der Waals surface area contributed by atoms with Crippen LogP contribution < -0.4 is 4.74 Å². The Bertz CT molecular complexity index is 536. The van der Waals surface area contributed by atoms with Crippen LogP contribution in [-0.4, -0.2) is 65.7 Å². The first kappa shape index (κ1) is 17.5. The molecular formula is C15H20F3N3O2. The molecule has 8 heteroatoms. The molecule has 1 aliphatic heterocycles. The average Bonchev–Trinajstić information content (AvgIpc) is 2.49. The fourth-order valence-corrected chi connectivity index (χ4v) is 2.50. The summed E-state index contributed by atoms with van der Waals surface area (Å²) in [5.41, 5.74) is 0.341. The molecule has 0 unspecified atom stereocenters. The lowest BCUT2D eigenvalue weighted by atomic mass is 10.1. The molecule has 1 aliphatic rings. The Morgan fingerprint density at radius 2 is 1.91 bits per heavy atom. The third kappa shape index (κ3) is 4.57. The fraction of sp³-hybridized carbons (Fsp3) is 0.600. The molecule has 1 aromatic rings. The Labute approximate surface area is 133 Å². The summed E-state index contributed by atoms with van der Waals surface area (Å²) < 4.78 is 40.8. The van der Waals surface area contributed by atoms with Gasteiger partial charge in [0.2, 0.25) is 5.88 Å². The van der Waals surface area contributed by atoms with Crippen molar-refractivity contribution in [3.05, 3.63) is 23.9 Å². The maximum Gasteiger partial charge on any atom is 0.422 e. The minimum Gasteiger partial charge on any atom is -0.468 e. The molecular weight excluding hydrogens is 311 g/mol. The second kappa shape index (κ2) is 6.74. The van der Waals surface area contributed by atoms with E-state index in [0.29, 0.717) is 18.7 Å². The third-order valence-electron chi connectivity index (χ3n) is 4.01. The van der Waals surface area contributed by atoms with E-state index in [9.17, 15) is 18.0 Å². The van der Waals surface area contributed by atoms with E-state index in [4.69, 9.17) is 0 Å². The van der Waals surface area contributed by atoms with Crippen molar-refractivity contribution in [3.8, 4) is 5.88 Å². The number of amides is 1. The zero-order valence-electron chi connectivity index (χ0n) is 13.3. The highest BCUT2D eigenvalue weighted by atomic mass is 19.4. The molecule has 0 spiro atoms. The predicted octanol–water partition coefficient (Wildman–Crippen LogP) is 2.19. The molecule has 2 rings (SSSR count). The van der Waals surface area contributed by atoms with Gasteiger partial charge in [0.05, 0.1) is 5.56 Å². The van der Waals surface area contributed by atoms with Gasteiger partial charge in [-0.25, -0.2) is 4.98 Å². The largest absolute Gasteiger partial charge is 0.468 e. The molecule has 0 bridgehead atoms.